The van der Waals surface area contributed by atoms with Gasteiger partial charge in [0, 0.05) is 30.4 Å². The van der Waals surface area contributed by atoms with Crippen LogP contribution < -0.4 is 14.8 Å². The minimum Gasteiger partial charge on any atom is -0.494 e. The Balaban J connectivity index is 1.62. The minimum atomic E-state index is -3.89. The van der Waals surface area contributed by atoms with Gasteiger partial charge in [0.25, 0.3) is 22.4 Å². The summed E-state index contributed by atoms with van der Waals surface area (Å²) in [6.45, 7) is 3.07. The summed E-state index contributed by atoms with van der Waals surface area (Å²) in [7, 11) is -3.89. The molecule has 10 heteroatoms. The lowest BCUT2D eigenvalue weighted by atomic mass is 10.0. The number of nitrogens with zero attached hydrogens (tertiary/aromatic N) is 1. The SMILES string of the molecule is CCOc1ccc(NS(=O)(=O)c2cccc(C(=O)NC3CCN(CC(F)F)CC3)c2)cc1. The molecule has 0 spiro atoms. The van der Waals surface area contributed by atoms with E-state index >= 15 is 0 Å². The van der Waals surface area contributed by atoms with Gasteiger partial charge >= 0.3 is 0 Å². The molecule has 0 aromatic heterocycles. The molecule has 32 heavy (non-hydrogen) atoms. The smallest absolute Gasteiger partial charge is 0.261 e. The number of alkyl halides is 2. The molecule has 174 valence electrons. The summed E-state index contributed by atoms with van der Waals surface area (Å²) in [5.74, 6) is 0.240. The zero-order chi connectivity index (χ0) is 23.1. The average Bonchev–Trinajstić information content (AvgIpc) is 2.76. The van der Waals surface area contributed by atoms with Crippen LogP contribution >= 0.6 is 0 Å². The van der Waals surface area contributed by atoms with Gasteiger partial charge in [0.15, 0.2) is 0 Å². The molecule has 3 rings (SSSR count). The number of amides is 1. The molecule has 7 nitrogen and oxygen atoms in total. The van der Waals surface area contributed by atoms with Gasteiger partial charge < -0.3 is 10.1 Å². The summed E-state index contributed by atoms with van der Waals surface area (Å²) < 4.78 is 58.4. The Bertz CT molecular complexity index is 1010. The number of hydrogen-bond acceptors (Lipinski definition) is 5. The quantitative estimate of drug-likeness (QED) is 0.591. The minimum absolute atomic E-state index is 0.0363. The van der Waals surface area contributed by atoms with E-state index in [1.807, 2.05) is 6.92 Å². The Kier molecular flexibility index (Phi) is 8.03. The number of carbonyl (C=O) groups excluding carboxylic acids is 1. The first kappa shape index (κ1) is 23.9. The van der Waals surface area contributed by atoms with Crippen LogP contribution in [0.1, 0.15) is 30.1 Å². The normalized spacial score (nSPS) is 15.5. The van der Waals surface area contributed by atoms with Gasteiger partial charge in [-0.1, -0.05) is 6.07 Å². The number of halogens is 2. The second-order valence-corrected chi connectivity index (χ2v) is 9.21. The number of hydrogen-bond donors (Lipinski definition) is 2. The molecule has 2 aromatic carbocycles. The van der Waals surface area contributed by atoms with Gasteiger partial charge in [-0.25, -0.2) is 17.2 Å². The predicted molar refractivity (Wildman–Crippen MR) is 118 cm³/mol. The zero-order valence-corrected chi connectivity index (χ0v) is 18.6. The second kappa shape index (κ2) is 10.7. The summed E-state index contributed by atoms with van der Waals surface area (Å²) >= 11 is 0. The van der Waals surface area contributed by atoms with Gasteiger partial charge in [0.1, 0.15) is 5.75 Å². The fraction of sp³-hybridized carbons (Fsp3) is 0.409. The summed E-state index contributed by atoms with van der Waals surface area (Å²) in [4.78, 5) is 14.3. The lowest BCUT2D eigenvalue weighted by Crippen LogP contribution is -2.45. The van der Waals surface area contributed by atoms with Gasteiger partial charge in [-0.3, -0.25) is 14.4 Å². The molecule has 0 atom stereocenters. The third-order valence-corrected chi connectivity index (χ3v) is 6.52. The Hall–Kier alpha value is -2.72. The third-order valence-electron chi connectivity index (χ3n) is 5.14. The maximum Gasteiger partial charge on any atom is 0.261 e. The van der Waals surface area contributed by atoms with E-state index in [1.165, 1.54) is 24.3 Å². The first-order valence-corrected chi connectivity index (χ1v) is 11.9. The highest BCUT2D eigenvalue weighted by molar-refractivity contribution is 7.92. The molecule has 1 heterocycles. The van der Waals surface area contributed by atoms with Crippen molar-refractivity contribution in [3.8, 4) is 5.75 Å². The lowest BCUT2D eigenvalue weighted by Gasteiger charge is -2.32. The van der Waals surface area contributed by atoms with E-state index in [1.54, 1.807) is 29.2 Å². The van der Waals surface area contributed by atoms with E-state index in [4.69, 9.17) is 4.74 Å². The molecule has 0 saturated carbocycles. The Morgan fingerprint density at radius 3 is 2.47 bits per heavy atom. The Labute approximate surface area is 186 Å². The van der Waals surface area contributed by atoms with Crippen LogP contribution in [0.25, 0.3) is 0 Å². The van der Waals surface area contributed by atoms with Crippen LogP contribution in [0.3, 0.4) is 0 Å². The largest absolute Gasteiger partial charge is 0.494 e. The fourth-order valence-electron chi connectivity index (χ4n) is 3.53. The number of nitrogens with one attached hydrogen (secondary N) is 2. The molecule has 2 N–H and O–H groups in total. The molecule has 1 amide bonds. The summed E-state index contributed by atoms with van der Waals surface area (Å²) in [6, 6.07) is 12.2. The molecular weight excluding hydrogens is 440 g/mol. The molecule has 1 saturated heterocycles. The van der Waals surface area contributed by atoms with Crippen LogP contribution in [0.2, 0.25) is 0 Å². The van der Waals surface area contributed by atoms with Gasteiger partial charge in [0.05, 0.1) is 18.0 Å². The van der Waals surface area contributed by atoms with Gasteiger partial charge in [0.2, 0.25) is 0 Å². The first-order chi connectivity index (χ1) is 15.3. The van der Waals surface area contributed by atoms with Crippen LogP contribution in [0, 0.1) is 0 Å². The molecule has 1 aliphatic heterocycles. The zero-order valence-electron chi connectivity index (χ0n) is 17.8. The number of likely N-dealkylation sites (tertiary alicyclic amines) is 1. The molecule has 0 aliphatic carbocycles. The second-order valence-electron chi connectivity index (χ2n) is 7.53. The van der Waals surface area contributed by atoms with Gasteiger partial charge in [-0.05, 0) is 62.2 Å². The maximum atomic E-state index is 12.8. The fourth-order valence-corrected chi connectivity index (χ4v) is 4.63. The highest BCUT2D eigenvalue weighted by atomic mass is 32.2. The molecule has 1 aliphatic rings. The van der Waals surface area contributed by atoms with Crippen LogP contribution in [0.4, 0.5) is 14.5 Å². The van der Waals surface area contributed by atoms with E-state index in [2.05, 4.69) is 10.0 Å². The van der Waals surface area contributed by atoms with Crippen molar-refractivity contribution in [2.45, 2.75) is 37.1 Å². The molecule has 0 unspecified atom stereocenters. The molecule has 2 aromatic rings. The monoisotopic (exact) mass is 467 g/mol. The van der Waals surface area contributed by atoms with Crippen LogP contribution in [0.15, 0.2) is 53.4 Å². The van der Waals surface area contributed by atoms with E-state index in [0.717, 1.165) is 0 Å². The summed E-state index contributed by atoms with van der Waals surface area (Å²) in [6.07, 6.45) is -1.24. The standard InChI is InChI=1S/C22H27F2N3O4S/c1-2-31-19-8-6-18(7-9-19)26-32(29,30)20-5-3-4-16(14-20)22(28)25-17-10-12-27(13-11-17)15-21(23)24/h3-9,14,17,21,26H,2,10-13,15H2,1H3,(H,25,28). The van der Waals surface area contributed by atoms with Crippen molar-refractivity contribution in [3.05, 3.63) is 54.1 Å². The van der Waals surface area contributed by atoms with Crippen molar-refractivity contribution in [2.75, 3.05) is 31.0 Å². The average molecular weight is 468 g/mol. The van der Waals surface area contributed by atoms with E-state index < -0.39 is 22.4 Å². The third kappa shape index (κ3) is 6.64. The van der Waals surface area contributed by atoms with Crippen molar-refractivity contribution in [1.82, 2.24) is 10.2 Å². The van der Waals surface area contributed by atoms with Crippen LogP contribution in [0.5, 0.6) is 5.75 Å². The highest BCUT2D eigenvalue weighted by Crippen LogP contribution is 2.21. The number of piperidine rings is 1. The van der Waals surface area contributed by atoms with Crippen LogP contribution in [-0.2, 0) is 10.0 Å². The van der Waals surface area contributed by atoms with Crippen molar-refractivity contribution >= 4 is 21.6 Å². The lowest BCUT2D eigenvalue weighted by molar-refractivity contribution is 0.0696. The number of ether oxygens (including phenoxy) is 1. The van der Waals surface area contributed by atoms with Crippen molar-refractivity contribution in [1.29, 1.82) is 0 Å². The molecular formula is C22H27F2N3O4S. The molecule has 0 bridgehead atoms. The van der Waals surface area contributed by atoms with Crippen LogP contribution in [-0.4, -0.2) is 57.9 Å². The number of sulfonamides is 1. The van der Waals surface area contributed by atoms with Gasteiger partial charge in [-0.15, -0.1) is 0 Å². The summed E-state index contributed by atoms with van der Waals surface area (Å²) in [5, 5.41) is 2.87. The van der Waals surface area contributed by atoms with E-state index in [0.29, 0.717) is 44.0 Å². The molecule has 0 radical (unpaired) electrons. The number of benzene rings is 2. The first-order valence-electron chi connectivity index (χ1n) is 10.4. The number of rotatable bonds is 9. The number of anilines is 1. The predicted octanol–water partition coefficient (Wildman–Crippen LogP) is 3.35. The van der Waals surface area contributed by atoms with Crippen molar-refractivity contribution in [2.24, 2.45) is 0 Å². The number of carbonyl (C=O) groups is 1. The topological polar surface area (TPSA) is 87.7 Å². The summed E-state index contributed by atoms with van der Waals surface area (Å²) in [5.41, 5.74) is 0.591. The highest BCUT2D eigenvalue weighted by Gasteiger charge is 2.23. The van der Waals surface area contributed by atoms with E-state index in [9.17, 15) is 22.0 Å². The van der Waals surface area contributed by atoms with Gasteiger partial charge in [-0.2, -0.15) is 0 Å². The van der Waals surface area contributed by atoms with Crippen molar-refractivity contribution < 1.29 is 26.7 Å². The maximum absolute atomic E-state index is 12.8. The molecule has 1 fully saturated rings. The van der Waals surface area contributed by atoms with Crippen molar-refractivity contribution in [3.63, 3.8) is 0 Å². The Morgan fingerprint density at radius 1 is 1.16 bits per heavy atom. The Morgan fingerprint density at radius 2 is 1.84 bits per heavy atom. The van der Waals surface area contributed by atoms with E-state index in [-0.39, 0.29) is 23.0 Å².